The molecule has 0 atom stereocenters. The van der Waals surface area contributed by atoms with Crippen molar-refractivity contribution in [2.24, 2.45) is 5.73 Å². The number of nitrogens with zero attached hydrogens (tertiary/aromatic N) is 6. The lowest BCUT2D eigenvalue weighted by atomic mass is 10.0. The predicted molar refractivity (Wildman–Crippen MR) is 330 cm³/mol. The summed E-state index contributed by atoms with van der Waals surface area (Å²) in [7, 11) is 0. The number of nitrogens with two attached hydrogens (primary N) is 1. The van der Waals surface area contributed by atoms with Crippen molar-refractivity contribution < 1.29 is 42.5 Å². The summed E-state index contributed by atoms with van der Waals surface area (Å²) in [6.07, 6.45) is 8.66. The Kier molecular flexibility index (Phi) is 22.6. The number of anilines is 2. The van der Waals surface area contributed by atoms with Crippen molar-refractivity contribution in [3.63, 3.8) is 0 Å². The Labute approximate surface area is 508 Å². The minimum atomic E-state index is -1.07. The number of benzene rings is 4. The summed E-state index contributed by atoms with van der Waals surface area (Å²) in [6, 6.07) is 22.4. The molecule has 85 heavy (non-hydrogen) atoms. The predicted octanol–water partition coefficient (Wildman–Crippen LogP) is 10.6. The first kappa shape index (κ1) is 63.3. The van der Waals surface area contributed by atoms with E-state index in [1.54, 1.807) is 60.7 Å². The molecule has 2 aliphatic rings. The van der Waals surface area contributed by atoms with E-state index < -0.39 is 5.97 Å². The number of amides is 3. The first-order valence-corrected chi connectivity index (χ1v) is 30.0. The van der Waals surface area contributed by atoms with Crippen LogP contribution in [0.25, 0.3) is 22.1 Å². The van der Waals surface area contributed by atoms with Gasteiger partial charge in [0.2, 0.25) is 0 Å². The Balaban J connectivity index is 0.000000194. The number of hydrogen-bond donors (Lipinski definition) is 7. The van der Waals surface area contributed by atoms with Gasteiger partial charge >= 0.3 is 5.97 Å². The van der Waals surface area contributed by atoms with Gasteiger partial charge in [0, 0.05) is 117 Å². The fourth-order valence-corrected chi connectivity index (χ4v) is 10.8. The molecule has 448 valence electrons. The number of carboxylic acids is 1. The Morgan fingerprint density at radius 2 is 0.988 bits per heavy atom. The summed E-state index contributed by atoms with van der Waals surface area (Å²) in [4.78, 5) is 60.0. The molecule has 0 radical (unpaired) electrons. The smallest absolute Gasteiger partial charge is 0.335 e. The zero-order chi connectivity index (χ0) is 60.6. The monoisotopic (exact) mass is 1290 g/mol. The topological polar surface area (TPSA) is 255 Å². The van der Waals surface area contributed by atoms with Gasteiger partial charge in [-0.15, -0.1) is 0 Å². The van der Waals surface area contributed by atoms with E-state index in [0.717, 1.165) is 92.8 Å². The van der Waals surface area contributed by atoms with Crippen LogP contribution in [0.4, 0.5) is 20.2 Å². The summed E-state index contributed by atoms with van der Waals surface area (Å²) in [5, 5.41) is 36.4. The summed E-state index contributed by atoms with van der Waals surface area (Å²) < 4.78 is 41.7. The molecule has 8 N–H and O–H groups in total. The number of ether oxygens (including phenoxy) is 2. The van der Waals surface area contributed by atoms with Gasteiger partial charge in [-0.1, -0.05) is 38.1 Å². The van der Waals surface area contributed by atoms with Crippen LogP contribution in [-0.4, -0.2) is 96.8 Å². The largest absolute Gasteiger partial charge is 0.478 e. The van der Waals surface area contributed by atoms with Crippen molar-refractivity contribution >= 4 is 89.0 Å². The lowest BCUT2D eigenvalue weighted by Gasteiger charge is -2.26. The van der Waals surface area contributed by atoms with Gasteiger partial charge in [0.05, 0.1) is 49.0 Å². The number of aryl methyl sites for hydroxylation is 4. The van der Waals surface area contributed by atoms with Crippen molar-refractivity contribution in [2.75, 3.05) is 37.1 Å². The normalized spacial score (nSPS) is 13.5. The number of aromatic carboxylic acids is 1. The Morgan fingerprint density at radius 1 is 0.588 bits per heavy atom. The number of hydrogen-bond acceptors (Lipinski definition) is 13. The minimum absolute atomic E-state index is 0.0776. The van der Waals surface area contributed by atoms with Crippen molar-refractivity contribution in [1.29, 1.82) is 0 Å². The molecule has 23 heteroatoms. The van der Waals surface area contributed by atoms with Crippen LogP contribution in [0.15, 0.2) is 106 Å². The maximum Gasteiger partial charge on any atom is 0.335 e. The fraction of sp³-hybridized carbons (Fsp3) is 0.355. The summed E-state index contributed by atoms with van der Waals surface area (Å²) in [5.74, 6) is -2.64. The van der Waals surface area contributed by atoms with E-state index in [2.05, 4.69) is 75.6 Å². The van der Waals surface area contributed by atoms with Crippen molar-refractivity contribution in [3.05, 3.63) is 174 Å². The molecule has 0 saturated carbocycles. The number of carbonyl (C=O) groups is 4. The Bertz CT molecular complexity index is 3660. The zero-order valence-electron chi connectivity index (χ0n) is 47.9. The molecule has 4 aromatic carbocycles. The minimum Gasteiger partial charge on any atom is -0.478 e. The highest BCUT2D eigenvalue weighted by molar-refractivity contribution is 9.10. The number of aromatic nitrogens is 6. The highest BCUT2D eigenvalue weighted by atomic mass is 79.9. The molecule has 0 aliphatic carbocycles. The average molecular weight is 1290 g/mol. The second-order valence-corrected chi connectivity index (χ2v) is 21.9. The number of nitrogens with one attached hydrogen (secondary N) is 5. The van der Waals surface area contributed by atoms with Gasteiger partial charge in [-0.05, 0) is 156 Å². The maximum absolute atomic E-state index is 13.5. The van der Waals surface area contributed by atoms with Crippen LogP contribution in [0, 0.1) is 11.6 Å². The average Bonchev–Trinajstić information content (AvgIpc) is 2.58. The van der Waals surface area contributed by atoms with Gasteiger partial charge in [0.25, 0.3) is 17.7 Å². The van der Waals surface area contributed by atoms with E-state index in [1.165, 1.54) is 24.3 Å². The molecule has 19 nitrogen and oxygen atoms in total. The van der Waals surface area contributed by atoms with Crippen LogP contribution in [0.5, 0.6) is 0 Å². The van der Waals surface area contributed by atoms with E-state index in [9.17, 15) is 33.1 Å². The molecule has 0 spiro atoms. The molecule has 6 heterocycles. The van der Waals surface area contributed by atoms with E-state index in [1.807, 2.05) is 42.5 Å². The van der Waals surface area contributed by atoms with Gasteiger partial charge in [-0.2, -0.15) is 10.2 Å². The first-order chi connectivity index (χ1) is 41.1. The van der Waals surface area contributed by atoms with Gasteiger partial charge in [0.1, 0.15) is 11.6 Å². The number of rotatable bonds is 19. The van der Waals surface area contributed by atoms with E-state index in [-0.39, 0.29) is 66.6 Å². The van der Waals surface area contributed by atoms with Crippen molar-refractivity contribution in [2.45, 2.75) is 118 Å². The molecule has 2 fully saturated rings. The molecule has 4 aromatic heterocycles. The zero-order valence-corrected chi connectivity index (χ0v) is 51.0. The first-order valence-electron chi connectivity index (χ1n) is 28.4. The maximum atomic E-state index is 13.5. The van der Waals surface area contributed by atoms with Crippen LogP contribution >= 0.6 is 31.9 Å². The lowest BCUT2D eigenvalue weighted by molar-refractivity contribution is 0.0696. The summed E-state index contributed by atoms with van der Waals surface area (Å²) in [5.41, 5.74) is 15.3. The molecular weight excluding hydrogens is 1220 g/mol. The van der Waals surface area contributed by atoms with Crippen molar-refractivity contribution in [3.8, 4) is 0 Å². The van der Waals surface area contributed by atoms with Gasteiger partial charge in [-0.25, -0.2) is 32.9 Å². The Hall–Kier alpha value is -7.70. The SMILES string of the molecule is CCc1nc2c(cnn2CC)c(NC2CCOCC2)c1CNC(=O)c1cccc(C(=O)NCc2ccc(F)c(Br)c2)c1.CCc1nc2c(cnn2CC)c(NC2CCOCC2)c1CNC(=O)c1cccc(C(=O)O)c1.NCc1ccc(F)c(Br)c1. The molecule has 2 aliphatic heterocycles. The van der Waals surface area contributed by atoms with Gasteiger partial charge < -0.3 is 46.9 Å². The highest BCUT2D eigenvalue weighted by Crippen LogP contribution is 2.33. The van der Waals surface area contributed by atoms with Crippen LogP contribution in [0.3, 0.4) is 0 Å². The molecule has 8 aromatic rings. The Morgan fingerprint density at radius 3 is 1.39 bits per heavy atom. The molecule has 2 saturated heterocycles. The standard InChI is InChI=1S/C31H34BrFN6O3.C24H29N5O4.C7H7BrFN/c1-3-27-23(28(37-22-10-12-42-13-11-22)24-18-36-39(4-2)29(24)38-27)17-35-31(41)21-7-5-6-20(15-21)30(40)34-16-19-8-9-26(33)25(32)14-19;1-3-20-18(13-25-23(30)15-6-5-7-16(12-15)24(31)32)21(27-17-8-10-33-11-9-17)19-14-26-29(4-2)22(19)28-20;8-6-3-5(4-10)1-2-7(6)9/h5-9,14-15,18,22H,3-4,10-13,16-17H2,1-2H3,(H,34,40)(H,35,41)(H,37,38);5-7,12,14,17H,3-4,8-11,13H2,1-2H3,(H,25,30)(H,27,28)(H,31,32);1-3H,4,10H2. The summed E-state index contributed by atoms with van der Waals surface area (Å²) in [6.45, 7) is 13.6. The van der Waals surface area contributed by atoms with Crippen LogP contribution < -0.4 is 32.3 Å². The fourth-order valence-electron chi connectivity index (χ4n) is 9.94. The molecule has 10 rings (SSSR count). The third-order valence-corrected chi connectivity index (χ3v) is 15.8. The second-order valence-electron chi connectivity index (χ2n) is 20.2. The third kappa shape index (κ3) is 16.2. The molecule has 3 amide bonds. The quantitative estimate of drug-likeness (QED) is 0.0398. The number of halogens is 4. The molecule has 0 bridgehead atoms. The second kappa shape index (κ2) is 30.4. The number of carbonyl (C=O) groups excluding carboxylic acids is 3. The van der Waals surface area contributed by atoms with Crippen molar-refractivity contribution in [1.82, 2.24) is 45.5 Å². The third-order valence-electron chi connectivity index (χ3n) is 14.6. The van der Waals surface area contributed by atoms with E-state index in [4.69, 9.17) is 25.2 Å². The van der Waals surface area contributed by atoms with Crippen LogP contribution in [0.1, 0.15) is 128 Å². The van der Waals surface area contributed by atoms with Crippen LogP contribution in [0.2, 0.25) is 0 Å². The lowest BCUT2D eigenvalue weighted by Crippen LogP contribution is -2.30. The summed E-state index contributed by atoms with van der Waals surface area (Å²) >= 11 is 6.22. The molecule has 0 unspecified atom stereocenters. The number of carboxylic acid groups (broad SMARTS) is 1. The number of fused-ring (bicyclic) bond motifs is 2. The van der Waals surface area contributed by atoms with Gasteiger partial charge in [0.15, 0.2) is 11.3 Å². The number of pyridine rings is 2. The van der Waals surface area contributed by atoms with E-state index in [0.29, 0.717) is 84.5 Å². The highest BCUT2D eigenvalue weighted by Gasteiger charge is 2.25. The molecular formula is C62H70Br2F2N12O7. The van der Waals surface area contributed by atoms with Crippen LogP contribution in [-0.2, 0) is 61.6 Å². The van der Waals surface area contributed by atoms with E-state index >= 15 is 0 Å². The van der Waals surface area contributed by atoms with Gasteiger partial charge in [-0.3, -0.25) is 14.4 Å².